The molecule has 2 aromatic carbocycles. The standard InChI is InChI=1S/C22H23BrN2O3/c1-4-14(2)20-22(27)25(13-19(26)28-3)18-11-10-16(23)12-17(18)21(24-20)15-8-6-5-7-9-15/h5-12,14,20H,4,13H2,1-3H3/t14?,20-/m0/s1. The Labute approximate surface area is 173 Å². The molecule has 1 aliphatic heterocycles. The summed E-state index contributed by atoms with van der Waals surface area (Å²) in [6, 6.07) is 14.9. The van der Waals surface area contributed by atoms with Gasteiger partial charge in [-0.15, -0.1) is 0 Å². The highest BCUT2D eigenvalue weighted by Crippen LogP contribution is 2.33. The summed E-state index contributed by atoms with van der Waals surface area (Å²) in [5.74, 6) is -0.619. The van der Waals surface area contributed by atoms with E-state index in [1.807, 2.05) is 62.4 Å². The zero-order chi connectivity index (χ0) is 20.3. The second-order valence-corrected chi connectivity index (χ2v) is 7.75. The third-order valence-corrected chi connectivity index (χ3v) is 5.53. The molecule has 3 rings (SSSR count). The highest BCUT2D eigenvalue weighted by Gasteiger charge is 2.35. The van der Waals surface area contributed by atoms with Crippen LogP contribution in [0.5, 0.6) is 0 Å². The van der Waals surface area contributed by atoms with E-state index in [4.69, 9.17) is 9.73 Å². The van der Waals surface area contributed by atoms with E-state index >= 15 is 0 Å². The van der Waals surface area contributed by atoms with Crippen LogP contribution >= 0.6 is 15.9 Å². The van der Waals surface area contributed by atoms with E-state index in [1.54, 1.807) is 0 Å². The largest absolute Gasteiger partial charge is 0.468 e. The van der Waals surface area contributed by atoms with Gasteiger partial charge in [-0.25, -0.2) is 0 Å². The molecular formula is C22H23BrN2O3. The highest BCUT2D eigenvalue weighted by atomic mass is 79.9. The molecule has 0 bridgehead atoms. The Hall–Kier alpha value is -2.47. The number of carbonyl (C=O) groups is 2. The Morgan fingerprint density at radius 3 is 2.61 bits per heavy atom. The van der Waals surface area contributed by atoms with Crippen LogP contribution in [0, 0.1) is 5.92 Å². The molecule has 6 heteroatoms. The van der Waals surface area contributed by atoms with Gasteiger partial charge in [0.15, 0.2) is 0 Å². The van der Waals surface area contributed by atoms with Crippen LogP contribution in [0.3, 0.4) is 0 Å². The van der Waals surface area contributed by atoms with E-state index in [9.17, 15) is 9.59 Å². The number of halogens is 1. The number of benzodiazepines with no additional fused rings is 1. The molecule has 28 heavy (non-hydrogen) atoms. The molecule has 2 aromatic rings. The summed E-state index contributed by atoms with van der Waals surface area (Å²) >= 11 is 3.52. The fourth-order valence-corrected chi connectivity index (χ4v) is 3.61. The van der Waals surface area contributed by atoms with Crippen molar-refractivity contribution in [3.05, 3.63) is 64.1 Å². The number of carbonyl (C=O) groups excluding carboxylic acids is 2. The van der Waals surface area contributed by atoms with E-state index in [0.29, 0.717) is 5.69 Å². The van der Waals surface area contributed by atoms with Crippen LogP contribution in [-0.2, 0) is 14.3 Å². The second-order valence-electron chi connectivity index (χ2n) is 6.84. The van der Waals surface area contributed by atoms with Gasteiger partial charge in [0.1, 0.15) is 12.6 Å². The second kappa shape index (κ2) is 8.69. The van der Waals surface area contributed by atoms with Crippen molar-refractivity contribution in [2.45, 2.75) is 26.3 Å². The van der Waals surface area contributed by atoms with Gasteiger partial charge in [-0.1, -0.05) is 66.5 Å². The van der Waals surface area contributed by atoms with Crippen LogP contribution < -0.4 is 4.90 Å². The number of rotatable bonds is 5. The predicted molar refractivity (Wildman–Crippen MR) is 114 cm³/mol. The lowest BCUT2D eigenvalue weighted by atomic mass is 9.98. The van der Waals surface area contributed by atoms with Gasteiger partial charge in [0.25, 0.3) is 5.91 Å². The third kappa shape index (κ3) is 4.02. The number of ether oxygens (including phenoxy) is 1. The van der Waals surface area contributed by atoms with Crippen LogP contribution in [-0.4, -0.2) is 37.3 Å². The van der Waals surface area contributed by atoms with E-state index in [1.165, 1.54) is 12.0 Å². The monoisotopic (exact) mass is 442 g/mol. The number of anilines is 1. The molecule has 1 unspecified atom stereocenters. The van der Waals surface area contributed by atoms with Crippen molar-refractivity contribution in [1.82, 2.24) is 0 Å². The Bertz CT molecular complexity index is 911. The van der Waals surface area contributed by atoms with Crippen LogP contribution in [0.15, 0.2) is 58.0 Å². The third-order valence-electron chi connectivity index (χ3n) is 5.04. The van der Waals surface area contributed by atoms with Crippen molar-refractivity contribution in [1.29, 1.82) is 0 Å². The average molecular weight is 443 g/mol. The minimum absolute atomic E-state index is 0.0316. The lowest BCUT2D eigenvalue weighted by Crippen LogP contribution is -2.43. The molecule has 0 spiro atoms. The lowest BCUT2D eigenvalue weighted by Gasteiger charge is -2.26. The van der Waals surface area contributed by atoms with Gasteiger partial charge in [0.2, 0.25) is 0 Å². The Morgan fingerprint density at radius 2 is 1.96 bits per heavy atom. The zero-order valence-corrected chi connectivity index (χ0v) is 17.8. The van der Waals surface area contributed by atoms with Crippen molar-refractivity contribution < 1.29 is 14.3 Å². The summed E-state index contributed by atoms with van der Waals surface area (Å²) in [6.07, 6.45) is 0.800. The van der Waals surface area contributed by atoms with Gasteiger partial charge >= 0.3 is 5.97 Å². The molecule has 1 amide bonds. The van der Waals surface area contributed by atoms with Gasteiger partial charge in [-0.05, 0) is 24.1 Å². The molecule has 0 aliphatic carbocycles. The highest BCUT2D eigenvalue weighted by molar-refractivity contribution is 9.10. The van der Waals surface area contributed by atoms with Crippen LogP contribution in [0.1, 0.15) is 31.4 Å². The number of fused-ring (bicyclic) bond motifs is 1. The number of hydrogen-bond acceptors (Lipinski definition) is 4. The van der Waals surface area contributed by atoms with E-state index in [0.717, 1.165) is 27.7 Å². The molecular weight excluding hydrogens is 420 g/mol. The molecule has 2 atom stereocenters. The molecule has 0 saturated heterocycles. The maximum atomic E-state index is 13.4. The maximum absolute atomic E-state index is 13.4. The summed E-state index contributed by atoms with van der Waals surface area (Å²) in [5, 5.41) is 0. The number of benzene rings is 2. The molecule has 146 valence electrons. The Balaban J connectivity index is 2.25. The molecule has 0 fully saturated rings. The lowest BCUT2D eigenvalue weighted by molar-refractivity contribution is -0.140. The van der Waals surface area contributed by atoms with Crippen molar-refractivity contribution in [2.75, 3.05) is 18.6 Å². The number of amides is 1. The van der Waals surface area contributed by atoms with Gasteiger partial charge in [0, 0.05) is 15.6 Å². The fourth-order valence-electron chi connectivity index (χ4n) is 3.25. The number of hydrogen-bond donors (Lipinski definition) is 0. The number of esters is 1. The van der Waals surface area contributed by atoms with Gasteiger partial charge < -0.3 is 4.74 Å². The molecule has 5 nitrogen and oxygen atoms in total. The van der Waals surface area contributed by atoms with Gasteiger partial charge in [-0.3, -0.25) is 19.5 Å². The van der Waals surface area contributed by atoms with Crippen molar-refractivity contribution in [3.63, 3.8) is 0 Å². The Morgan fingerprint density at radius 1 is 1.25 bits per heavy atom. The molecule has 0 saturated carbocycles. The van der Waals surface area contributed by atoms with Crippen molar-refractivity contribution in [3.8, 4) is 0 Å². The van der Waals surface area contributed by atoms with Crippen molar-refractivity contribution >= 4 is 39.2 Å². The van der Waals surface area contributed by atoms with E-state index < -0.39 is 12.0 Å². The molecule has 0 aromatic heterocycles. The van der Waals surface area contributed by atoms with E-state index in [-0.39, 0.29) is 18.4 Å². The summed E-state index contributed by atoms with van der Waals surface area (Å²) < 4.78 is 5.71. The first-order chi connectivity index (χ1) is 13.5. The first-order valence-electron chi connectivity index (χ1n) is 9.27. The van der Waals surface area contributed by atoms with Crippen LogP contribution in [0.2, 0.25) is 0 Å². The first kappa shape index (κ1) is 20.3. The number of aliphatic imine (C=N–C) groups is 1. The summed E-state index contributed by atoms with van der Waals surface area (Å²) in [7, 11) is 1.32. The van der Waals surface area contributed by atoms with Gasteiger partial charge in [0.05, 0.1) is 18.5 Å². The summed E-state index contributed by atoms with van der Waals surface area (Å²) in [5.41, 5.74) is 3.15. The zero-order valence-electron chi connectivity index (χ0n) is 16.2. The summed E-state index contributed by atoms with van der Waals surface area (Å²) in [6.45, 7) is 3.90. The number of methoxy groups -OCH3 is 1. The van der Waals surface area contributed by atoms with Crippen LogP contribution in [0.4, 0.5) is 5.69 Å². The SMILES string of the molecule is CCC(C)[C@@H]1N=C(c2ccccc2)c2cc(Br)ccc2N(CC(=O)OC)C1=O. The maximum Gasteiger partial charge on any atom is 0.325 e. The topological polar surface area (TPSA) is 59.0 Å². The fraction of sp³-hybridized carbons (Fsp3) is 0.318. The van der Waals surface area contributed by atoms with E-state index in [2.05, 4.69) is 15.9 Å². The normalized spacial score (nSPS) is 17.4. The molecule has 1 heterocycles. The average Bonchev–Trinajstić information content (AvgIpc) is 2.83. The minimum atomic E-state index is -0.573. The first-order valence-corrected chi connectivity index (χ1v) is 10.1. The number of nitrogens with zero attached hydrogens (tertiary/aromatic N) is 2. The van der Waals surface area contributed by atoms with Crippen LogP contribution in [0.25, 0.3) is 0 Å². The predicted octanol–water partition coefficient (Wildman–Crippen LogP) is 4.22. The molecule has 1 aliphatic rings. The Kier molecular flexibility index (Phi) is 6.29. The van der Waals surface area contributed by atoms with Gasteiger partial charge in [-0.2, -0.15) is 0 Å². The summed E-state index contributed by atoms with van der Waals surface area (Å²) in [4.78, 5) is 31.9. The van der Waals surface area contributed by atoms with Crippen molar-refractivity contribution in [2.24, 2.45) is 10.9 Å². The smallest absolute Gasteiger partial charge is 0.325 e. The minimum Gasteiger partial charge on any atom is -0.468 e. The molecule has 0 N–H and O–H groups in total. The quantitative estimate of drug-likeness (QED) is 0.651. The molecule has 0 radical (unpaired) electrons.